The average Bonchev–Trinajstić information content (AvgIpc) is 1.90. The number of carbonyl (C=O) groups is 1. The van der Waals surface area contributed by atoms with Gasteiger partial charge in [0.1, 0.15) is 5.84 Å². The minimum absolute atomic E-state index is 0.286. The van der Waals surface area contributed by atoms with Gasteiger partial charge in [0.15, 0.2) is 0 Å². The van der Waals surface area contributed by atoms with E-state index in [2.05, 4.69) is 4.99 Å². The van der Waals surface area contributed by atoms with Crippen LogP contribution in [0.5, 0.6) is 0 Å². The summed E-state index contributed by atoms with van der Waals surface area (Å²) in [6.45, 7) is 5.57. The molecule has 11 heavy (non-hydrogen) atoms. The molecule has 0 aliphatic rings. The molecule has 0 bridgehead atoms. The first-order valence-electron chi connectivity index (χ1n) is 3.56. The molecule has 0 aromatic carbocycles. The fourth-order valence-electron chi connectivity index (χ4n) is 0.251. The number of urea groups is 1. The first kappa shape index (κ1) is 12.6. The van der Waals surface area contributed by atoms with Gasteiger partial charge in [0.2, 0.25) is 0 Å². The van der Waals surface area contributed by atoms with Gasteiger partial charge in [-0.15, -0.1) is 0 Å². The van der Waals surface area contributed by atoms with Gasteiger partial charge in [-0.25, -0.2) is 4.79 Å². The third-order valence-corrected chi connectivity index (χ3v) is 0.655. The molecule has 0 saturated heterocycles. The third-order valence-electron chi connectivity index (χ3n) is 0.655. The minimum Gasteiger partial charge on any atom is -0.387 e. The quantitative estimate of drug-likeness (QED) is 0.424. The normalized spacial score (nSPS) is 9.73. The summed E-state index contributed by atoms with van der Waals surface area (Å²) in [6, 6.07) is -0.324. The van der Waals surface area contributed by atoms with E-state index in [1.807, 2.05) is 13.8 Å². The van der Waals surface area contributed by atoms with Gasteiger partial charge < -0.3 is 10.6 Å². The molecule has 0 unspecified atom stereocenters. The van der Waals surface area contributed by atoms with Crippen molar-refractivity contribution in [1.82, 2.24) is 4.90 Å². The zero-order valence-electron chi connectivity index (χ0n) is 7.88. The van der Waals surface area contributed by atoms with Crippen LogP contribution in [0.2, 0.25) is 0 Å². The van der Waals surface area contributed by atoms with Crippen molar-refractivity contribution >= 4 is 11.9 Å². The smallest absolute Gasteiger partial charge is 0.344 e. The SMILES string of the molecule is C/C(N)=N\C(=O)N(C)C.CC. The van der Waals surface area contributed by atoms with Crippen LogP contribution in [-0.2, 0) is 0 Å². The molecule has 0 aromatic rings. The molecule has 0 saturated carbocycles. The second-order valence-corrected chi connectivity index (χ2v) is 1.93. The number of carbonyl (C=O) groups excluding carboxylic acids is 1. The molecule has 66 valence electrons. The van der Waals surface area contributed by atoms with Crippen molar-refractivity contribution in [3.63, 3.8) is 0 Å². The standard InChI is InChI=1S/C5H11N3O.C2H6/c1-4(6)7-5(9)8(2)3;1-2/h1-3H3,(H2,6,7,9);1-2H3. The number of hydrogen-bond acceptors (Lipinski definition) is 1. The second kappa shape index (κ2) is 7.05. The highest BCUT2D eigenvalue weighted by molar-refractivity contribution is 5.91. The first-order valence-corrected chi connectivity index (χ1v) is 3.56. The topological polar surface area (TPSA) is 58.7 Å². The van der Waals surface area contributed by atoms with Crippen LogP contribution in [0, 0.1) is 0 Å². The van der Waals surface area contributed by atoms with E-state index in [0.29, 0.717) is 0 Å². The highest BCUT2D eigenvalue weighted by Gasteiger charge is 1.97. The average molecular weight is 159 g/mol. The molecular formula is C7H17N3O. The second-order valence-electron chi connectivity index (χ2n) is 1.93. The first-order chi connectivity index (χ1) is 5.04. The van der Waals surface area contributed by atoms with Crippen LogP contribution in [0.4, 0.5) is 4.79 Å². The lowest BCUT2D eigenvalue weighted by Gasteiger charge is -2.03. The summed E-state index contributed by atoms with van der Waals surface area (Å²) in [5.74, 6) is 0.286. The predicted molar refractivity (Wildman–Crippen MR) is 47.7 cm³/mol. The van der Waals surface area contributed by atoms with Gasteiger partial charge in [0.05, 0.1) is 0 Å². The Morgan fingerprint density at radius 3 is 1.82 bits per heavy atom. The molecule has 0 atom stereocenters. The summed E-state index contributed by atoms with van der Waals surface area (Å²) in [5.41, 5.74) is 5.13. The van der Waals surface area contributed by atoms with Gasteiger partial charge in [-0.05, 0) is 6.92 Å². The lowest BCUT2D eigenvalue weighted by atomic mass is 10.7. The fraction of sp³-hybridized carbons (Fsp3) is 0.714. The molecule has 0 fully saturated rings. The fourth-order valence-corrected chi connectivity index (χ4v) is 0.251. The van der Waals surface area contributed by atoms with Crippen molar-refractivity contribution in [3.05, 3.63) is 0 Å². The number of amidine groups is 1. The van der Waals surface area contributed by atoms with Crippen molar-refractivity contribution in [3.8, 4) is 0 Å². The molecule has 4 nitrogen and oxygen atoms in total. The molecule has 0 heterocycles. The van der Waals surface area contributed by atoms with Gasteiger partial charge in [-0.1, -0.05) is 13.8 Å². The van der Waals surface area contributed by atoms with Crippen LogP contribution in [0.1, 0.15) is 20.8 Å². The van der Waals surface area contributed by atoms with Gasteiger partial charge in [0.25, 0.3) is 0 Å². The summed E-state index contributed by atoms with van der Waals surface area (Å²) in [5, 5.41) is 0. The molecule has 4 heteroatoms. The number of amides is 2. The Morgan fingerprint density at radius 1 is 1.36 bits per heavy atom. The van der Waals surface area contributed by atoms with Crippen LogP contribution < -0.4 is 5.73 Å². The van der Waals surface area contributed by atoms with Gasteiger partial charge in [-0.3, -0.25) is 0 Å². The predicted octanol–water partition coefficient (Wildman–Crippen LogP) is 1.07. The highest BCUT2D eigenvalue weighted by atomic mass is 16.2. The van der Waals surface area contributed by atoms with Crippen molar-refractivity contribution < 1.29 is 4.79 Å². The van der Waals surface area contributed by atoms with Gasteiger partial charge in [-0.2, -0.15) is 4.99 Å². The van der Waals surface area contributed by atoms with E-state index in [-0.39, 0.29) is 11.9 Å². The maximum atomic E-state index is 10.6. The molecule has 0 rings (SSSR count). The molecule has 2 N–H and O–H groups in total. The van der Waals surface area contributed by atoms with Crippen LogP contribution in [0.3, 0.4) is 0 Å². The molecule has 0 aromatic heterocycles. The Morgan fingerprint density at radius 2 is 1.73 bits per heavy atom. The Kier molecular flexibility index (Phi) is 8.08. The lowest BCUT2D eigenvalue weighted by molar-refractivity contribution is 0.227. The molecule has 0 aliphatic carbocycles. The summed E-state index contributed by atoms with van der Waals surface area (Å²) >= 11 is 0. The van der Waals surface area contributed by atoms with Gasteiger partial charge >= 0.3 is 6.03 Å². The summed E-state index contributed by atoms with van der Waals surface area (Å²) in [6.07, 6.45) is 0. The molecule has 0 radical (unpaired) electrons. The number of nitrogens with zero attached hydrogens (tertiary/aromatic N) is 2. The zero-order chi connectivity index (χ0) is 9.44. The Hall–Kier alpha value is -1.06. The molecule has 0 spiro atoms. The Balaban J connectivity index is 0. The number of rotatable bonds is 0. The van der Waals surface area contributed by atoms with Crippen molar-refractivity contribution in [1.29, 1.82) is 0 Å². The van der Waals surface area contributed by atoms with Crippen LogP contribution in [0.15, 0.2) is 4.99 Å². The summed E-state index contributed by atoms with van der Waals surface area (Å²) in [4.78, 5) is 15.4. The molecule has 0 aliphatic heterocycles. The van der Waals surface area contributed by atoms with E-state index in [0.717, 1.165) is 0 Å². The monoisotopic (exact) mass is 159 g/mol. The highest BCUT2D eigenvalue weighted by Crippen LogP contribution is 1.82. The maximum Gasteiger partial charge on any atom is 0.344 e. The lowest BCUT2D eigenvalue weighted by Crippen LogP contribution is -2.20. The maximum absolute atomic E-state index is 10.6. The van der Waals surface area contributed by atoms with E-state index in [4.69, 9.17) is 5.73 Å². The van der Waals surface area contributed by atoms with Crippen LogP contribution in [0.25, 0.3) is 0 Å². The minimum atomic E-state index is -0.324. The summed E-state index contributed by atoms with van der Waals surface area (Å²) < 4.78 is 0. The third kappa shape index (κ3) is 8.94. The van der Waals surface area contributed by atoms with Crippen molar-refractivity contribution in [2.75, 3.05) is 14.1 Å². The zero-order valence-corrected chi connectivity index (χ0v) is 7.88. The largest absolute Gasteiger partial charge is 0.387 e. The Bertz CT molecular complexity index is 137. The Labute approximate surface area is 68.1 Å². The van der Waals surface area contributed by atoms with E-state index in [1.165, 1.54) is 4.90 Å². The number of aliphatic imine (C=N–C) groups is 1. The van der Waals surface area contributed by atoms with E-state index >= 15 is 0 Å². The van der Waals surface area contributed by atoms with E-state index < -0.39 is 0 Å². The molecular weight excluding hydrogens is 142 g/mol. The van der Waals surface area contributed by atoms with Crippen molar-refractivity contribution in [2.24, 2.45) is 10.7 Å². The summed E-state index contributed by atoms with van der Waals surface area (Å²) in [7, 11) is 3.24. The number of hydrogen-bond donors (Lipinski definition) is 1. The number of nitrogens with two attached hydrogens (primary N) is 1. The molecule has 2 amide bonds. The van der Waals surface area contributed by atoms with Crippen molar-refractivity contribution in [2.45, 2.75) is 20.8 Å². The van der Waals surface area contributed by atoms with E-state index in [1.54, 1.807) is 21.0 Å². The van der Waals surface area contributed by atoms with E-state index in [9.17, 15) is 4.79 Å². The van der Waals surface area contributed by atoms with Gasteiger partial charge in [0, 0.05) is 14.1 Å². The van der Waals surface area contributed by atoms with Crippen LogP contribution >= 0.6 is 0 Å². The van der Waals surface area contributed by atoms with Crippen LogP contribution in [-0.4, -0.2) is 30.9 Å².